The molecule has 0 aliphatic heterocycles. The van der Waals surface area contributed by atoms with Crippen molar-refractivity contribution in [2.24, 2.45) is 0 Å². The third-order valence-corrected chi connectivity index (χ3v) is 3.03. The molecule has 18 heavy (non-hydrogen) atoms. The van der Waals surface area contributed by atoms with E-state index in [-0.39, 0.29) is 0 Å². The Morgan fingerprint density at radius 3 is 2.72 bits per heavy atom. The molecule has 2 heteroatoms. The van der Waals surface area contributed by atoms with Crippen LogP contribution in [0.3, 0.4) is 0 Å². The molecule has 0 unspecified atom stereocenters. The van der Waals surface area contributed by atoms with Gasteiger partial charge in [0.2, 0.25) is 0 Å². The molecule has 97 valence electrons. The summed E-state index contributed by atoms with van der Waals surface area (Å²) >= 11 is 3.45. The fraction of sp³-hybridized carbons (Fsp3) is 0.312. The highest BCUT2D eigenvalue weighted by Gasteiger charge is 1.92. The van der Waals surface area contributed by atoms with Crippen molar-refractivity contribution in [3.63, 3.8) is 0 Å². The number of halogens is 1. The molecule has 0 saturated heterocycles. The number of anilines is 1. The molecule has 0 atom stereocenters. The Kier molecular flexibility index (Phi) is 6.81. The minimum Gasteiger partial charge on any atom is -0.376 e. The van der Waals surface area contributed by atoms with Crippen LogP contribution in [-0.2, 0) is 0 Å². The van der Waals surface area contributed by atoms with Gasteiger partial charge >= 0.3 is 0 Å². The van der Waals surface area contributed by atoms with Gasteiger partial charge in [-0.05, 0) is 51.8 Å². The molecule has 0 aromatic heterocycles. The Bertz CT molecular complexity index is 428. The van der Waals surface area contributed by atoms with Crippen LogP contribution in [0.25, 0.3) is 0 Å². The third-order valence-electron chi connectivity index (χ3n) is 2.53. The van der Waals surface area contributed by atoms with E-state index in [1.54, 1.807) is 0 Å². The predicted molar refractivity (Wildman–Crippen MR) is 84.5 cm³/mol. The van der Waals surface area contributed by atoms with E-state index in [9.17, 15) is 0 Å². The van der Waals surface area contributed by atoms with E-state index in [0.717, 1.165) is 23.0 Å². The van der Waals surface area contributed by atoms with E-state index in [2.05, 4.69) is 60.2 Å². The summed E-state index contributed by atoms with van der Waals surface area (Å²) in [6.07, 6.45) is 6.65. The average molecular weight is 307 g/mol. The molecule has 1 radical (unpaired) electrons. The van der Waals surface area contributed by atoms with Gasteiger partial charge in [0.1, 0.15) is 0 Å². The van der Waals surface area contributed by atoms with E-state index in [1.807, 2.05) is 24.7 Å². The first kappa shape index (κ1) is 15.0. The molecule has 0 aliphatic rings. The molecule has 0 aliphatic carbocycles. The van der Waals surface area contributed by atoms with E-state index in [0.29, 0.717) is 0 Å². The Balaban J connectivity index is 2.33. The fourth-order valence-corrected chi connectivity index (χ4v) is 1.93. The van der Waals surface area contributed by atoms with Gasteiger partial charge in [0.25, 0.3) is 0 Å². The molecule has 0 bridgehead atoms. The normalized spacial score (nSPS) is 11.2. The van der Waals surface area contributed by atoms with Gasteiger partial charge in [-0.15, -0.1) is 0 Å². The molecule has 0 amide bonds. The number of allylic oxidation sites excluding steroid dienone is 3. The minimum atomic E-state index is 1.09. The number of rotatable bonds is 6. The van der Waals surface area contributed by atoms with Gasteiger partial charge in [0.05, 0.1) is 6.54 Å². The number of hydrogen-bond acceptors (Lipinski definition) is 1. The van der Waals surface area contributed by atoms with E-state index >= 15 is 0 Å². The summed E-state index contributed by atoms with van der Waals surface area (Å²) in [5.41, 5.74) is 3.87. The van der Waals surface area contributed by atoms with Crippen LogP contribution < -0.4 is 5.32 Å². The molecule has 1 rings (SSSR count). The lowest BCUT2D eigenvalue weighted by molar-refractivity contribution is 0.964. The largest absolute Gasteiger partial charge is 0.376 e. The van der Waals surface area contributed by atoms with Gasteiger partial charge < -0.3 is 5.32 Å². The van der Waals surface area contributed by atoms with Crippen LogP contribution in [0.2, 0.25) is 0 Å². The van der Waals surface area contributed by atoms with Crippen molar-refractivity contribution in [3.05, 3.63) is 58.6 Å². The van der Waals surface area contributed by atoms with Crippen molar-refractivity contribution in [1.29, 1.82) is 0 Å². The third kappa shape index (κ3) is 6.65. The summed E-state index contributed by atoms with van der Waals surface area (Å²) in [6.45, 7) is 8.44. The second kappa shape index (κ2) is 8.15. The molecule has 1 N–H and O–H groups in total. The smallest absolute Gasteiger partial charge is 0.0684 e. The summed E-state index contributed by atoms with van der Waals surface area (Å²) in [4.78, 5) is 0. The molecule has 1 nitrogen and oxygen atoms in total. The Morgan fingerprint density at radius 2 is 2.06 bits per heavy atom. The molecule has 0 saturated carbocycles. The van der Waals surface area contributed by atoms with Gasteiger partial charge in [-0.1, -0.05) is 45.3 Å². The summed E-state index contributed by atoms with van der Waals surface area (Å²) < 4.78 is 1.09. The zero-order chi connectivity index (χ0) is 13.4. The number of benzene rings is 1. The SMILES string of the molecule is CC(C)=CCC/C(C)=C/[CH]Nc1cccc(Br)c1. The van der Waals surface area contributed by atoms with Gasteiger partial charge in [0, 0.05) is 10.2 Å². The minimum absolute atomic E-state index is 1.09. The van der Waals surface area contributed by atoms with Gasteiger partial charge in [-0.3, -0.25) is 0 Å². The van der Waals surface area contributed by atoms with Crippen molar-refractivity contribution in [1.82, 2.24) is 0 Å². The molecule has 0 spiro atoms. The first-order valence-corrected chi connectivity index (χ1v) is 7.01. The maximum absolute atomic E-state index is 3.45. The van der Waals surface area contributed by atoms with Crippen LogP contribution in [0, 0.1) is 6.54 Å². The Labute approximate surface area is 119 Å². The van der Waals surface area contributed by atoms with Crippen molar-refractivity contribution in [2.45, 2.75) is 33.6 Å². The number of hydrogen-bond donors (Lipinski definition) is 1. The lowest BCUT2D eigenvalue weighted by atomic mass is 10.1. The zero-order valence-corrected chi connectivity index (χ0v) is 12.9. The molecule has 0 heterocycles. The average Bonchev–Trinajstić information content (AvgIpc) is 2.28. The van der Waals surface area contributed by atoms with Crippen LogP contribution >= 0.6 is 15.9 Å². The highest BCUT2D eigenvalue weighted by Crippen LogP contribution is 2.16. The molecule has 1 aromatic carbocycles. The van der Waals surface area contributed by atoms with Gasteiger partial charge in [-0.2, -0.15) is 0 Å². The molecular weight excluding hydrogens is 286 g/mol. The summed E-state index contributed by atoms with van der Waals surface area (Å²) in [5.74, 6) is 0. The summed E-state index contributed by atoms with van der Waals surface area (Å²) in [5, 5.41) is 3.27. The Hall–Kier alpha value is -1.02. The lowest BCUT2D eigenvalue weighted by Gasteiger charge is -2.04. The van der Waals surface area contributed by atoms with Crippen LogP contribution in [0.5, 0.6) is 0 Å². The highest BCUT2D eigenvalue weighted by molar-refractivity contribution is 9.10. The van der Waals surface area contributed by atoms with E-state index in [4.69, 9.17) is 0 Å². The van der Waals surface area contributed by atoms with Crippen LogP contribution in [-0.4, -0.2) is 0 Å². The fourth-order valence-electron chi connectivity index (χ4n) is 1.53. The van der Waals surface area contributed by atoms with Crippen molar-refractivity contribution in [3.8, 4) is 0 Å². The quantitative estimate of drug-likeness (QED) is 0.663. The van der Waals surface area contributed by atoms with Gasteiger partial charge in [-0.25, -0.2) is 0 Å². The van der Waals surface area contributed by atoms with Gasteiger partial charge in [0.15, 0.2) is 0 Å². The lowest BCUT2D eigenvalue weighted by Crippen LogP contribution is -1.92. The van der Waals surface area contributed by atoms with Crippen molar-refractivity contribution < 1.29 is 0 Å². The van der Waals surface area contributed by atoms with Crippen LogP contribution in [0.15, 0.2) is 52.0 Å². The maximum Gasteiger partial charge on any atom is 0.0684 e. The van der Waals surface area contributed by atoms with Crippen LogP contribution in [0.1, 0.15) is 33.6 Å². The van der Waals surface area contributed by atoms with Crippen molar-refractivity contribution in [2.75, 3.05) is 5.32 Å². The predicted octanol–water partition coefficient (Wildman–Crippen LogP) is 5.72. The van der Waals surface area contributed by atoms with Crippen molar-refractivity contribution >= 4 is 21.6 Å². The zero-order valence-electron chi connectivity index (χ0n) is 11.3. The first-order chi connectivity index (χ1) is 8.58. The van der Waals surface area contributed by atoms with Crippen LogP contribution in [0.4, 0.5) is 5.69 Å². The van der Waals surface area contributed by atoms with E-state index in [1.165, 1.54) is 11.1 Å². The van der Waals surface area contributed by atoms with E-state index < -0.39 is 0 Å². The summed E-state index contributed by atoms with van der Waals surface area (Å²) in [7, 11) is 0. The topological polar surface area (TPSA) is 12.0 Å². The second-order valence-electron chi connectivity index (χ2n) is 4.65. The monoisotopic (exact) mass is 306 g/mol. The molecule has 0 fully saturated rings. The maximum atomic E-state index is 3.45. The number of nitrogens with one attached hydrogen (secondary N) is 1. The Morgan fingerprint density at radius 1 is 1.28 bits per heavy atom. The first-order valence-electron chi connectivity index (χ1n) is 6.22. The highest BCUT2D eigenvalue weighted by atomic mass is 79.9. The summed E-state index contributed by atoms with van der Waals surface area (Å²) in [6, 6.07) is 8.15. The molecule has 1 aromatic rings. The molecular formula is C16H21BrN. The standard InChI is InChI=1S/C16H21BrN/c1-13(2)6-4-7-14(3)10-11-18-16-9-5-8-15(17)12-16/h5-6,8-12,18H,4,7H2,1-3H3/b14-10+. The second-order valence-corrected chi connectivity index (χ2v) is 5.57.